The molecule has 1 N–H and O–H groups in total. The van der Waals surface area contributed by atoms with Gasteiger partial charge in [0.2, 0.25) is 0 Å². The Labute approximate surface area is 136 Å². The van der Waals surface area contributed by atoms with Crippen LogP contribution in [0.15, 0.2) is 48.5 Å². The zero-order valence-corrected chi connectivity index (χ0v) is 13.0. The normalized spacial score (nSPS) is 23.9. The molecule has 0 saturated carbocycles. The molecule has 0 radical (unpaired) electrons. The van der Waals surface area contributed by atoms with Gasteiger partial charge in [-0.1, -0.05) is 36.4 Å². The molecule has 0 aliphatic carbocycles. The summed E-state index contributed by atoms with van der Waals surface area (Å²) in [5, 5.41) is 9.60. The quantitative estimate of drug-likeness (QED) is 0.946. The van der Waals surface area contributed by atoms with Crippen molar-refractivity contribution in [3.8, 4) is 11.5 Å². The average molecular weight is 311 g/mol. The molecule has 1 unspecified atom stereocenters. The number of hydrogen-bond donors (Lipinski definition) is 1. The summed E-state index contributed by atoms with van der Waals surface area (Å²) in [6.45, 7) is 3.17. The lowest BCUT2D eigenvalue weighted by molar-refractivity contribution is 0.0913. The van der Waals surface area contributed by atoms with Crippen LogP contribution in [-0.2, 0) is 6.54 Å². The fraction of sp³-hybridized carbons (Fsp3) is 0.368. The largest absolute Gasteiger partial charge is 0.485 e. The van der Waals surface area contributed by atoms with E-state index in [1.54, 1.807) is 0 Å². The summed E-state index contributed by atoms with van der Waals surface area (Å²) in [5.74, 6) is 1.62. The Morgan fingerprint density at radius 3 is 2.57 bits per heavy atom. The molecule has 2 heterocycles. The molecule has 2 aliphatic heterocycles. The van der Waals surface area contributed by atoms with E-state index in [0.717, 1.165) is 43.1 Å². The van der Waals surface area contributed by atoms with Gasteiger partial charge in [-0.15, -0.1) is 0 Å². The van der Waals surface area contributed by atoms with E-state index in [-0.39, 0.29) is 12.2 Å². The van der Waals surface area contributed by atoms with Crippen molar-refractivity contribution in [2.75, 3.05) is 19.7 Å². The fourth-order valence-corrected chi connectivity index (χ4v) is 3.24. The number of ether oxygens (including phenoxy) is 2. The molecule has 2 aromatic rings. The zero-order valence-electron chi connectivity index (χ0n) is 13.0. The summed E-state index contributed by atoms with van der Waals surface area (Å²) in [7, 11) is 0. The minimum absolute atomic E-state index is 0.0624. The van der Waals surface area contributed by atoms with Gasteiger partial charge in [-0.05, 0) is 29.7 Å². The van der Waals surface area contributed by atoms with E-state index < -0.39 is 0 Å². The van der Waals surface area contributed by atoms with E-state index in [2.05, 4.69) is 29.2 Å². The Kier molecular flexibility index (Phi) is 3.93. The van der Waals surface area contributed by atoms with Crippen molar-refractivity contribution in [1.29, 1.82) is 0 Å². The Bertz CT molecular complexity index is 671. The molecular formula is C19H21NO3. The Hall–Kier alpha value is -2.04. The average Bonchev–Trinajstić information content (AvgIpc) is 3.00. The summed E-state index contributed by atoms with van der Waals surface area (Å²) >= 11 is 0. The topological polar surface area (TPSA) is 41.9 Å². The second kappa shape index (κ2) is 6.22. The van der Waals surface area contributed by atoms with Crippen LogP contribution in [-0.4, -0.2) is 35.8 Å². The summed E-state index contributed by atoms with van der Waals surface area (Å²) in [6.07, 6.45) is 0.653. The molecule has 4 nitrogen and oxygen atoms in total. The summed E-state index contributed by atoms with van der Waals surface area (Å²) in [6, 6.07) is 16.3. The van der Waals surface area contributed by atoms with Gasteiger partial charge in [0.15, 0.2) is 17.6 Å². The van der Waals surface area contributed by atoms with Crippen molar-refractivity contribution in [1.82, 2.24) is 4.90 Å². The number of hydrogen-bond acceptors (Lipinski definition) is 4. The number of nitrogens with zero attached hydrogens (tertiary/aromatic N) is 1. The van der Waals surface area contributed by atoms with Crippen molar-refractivity contribution in [3.05, 3.63) is 59.7 Å². The molecule has 0 bridgehead atoms. The maximum atomic E-state index is 9.60. The van der Waals surface area contributed by atoms with Gasteiger partial charge >= 0.3 is 0 Å². The molecular weight excluding hydrogens is 290 g/mol. The van der Waals surface area contributed by atoms with Crippen molar-refractivity contribution in [2.24, 2.45) is 0 Å². The maximum Gasteiger partial charge on any atom is 0.162 e. The highest BCUT2D eigenvalue weighted by atomic mass is 16.6. The van der Waals surface area contributed by atoms with Crippen LogP contribution in [0.5, 0.6) is 11.5 Å². The van der Waals surface area contributed by atoms with Gasteiger partial charge in [-0.25, -0.2) is 0 Å². The van der Waals surface area contributed by atoms with Crippen molar-refractivity contribution in [2.45, 2.75) is 25.2 Å². The van der Waals surface area contributed by atoms with Crippen LogP contribution < -0.4 is 9.47 Å². The molecule has 1 saturated heterocycles. The predicted molar refractivity (Wildman–Crippen MR) is 87.6 cm³/mol. The van der Waals surface area contributed by atoms with Gasteiger partial charge in [0.25, 0.3) is 0 Å². The van der Waals surface area contributed by atoms with E-state index in [4.69, 9.17) is 9.47 Å². The van der Waals surface area contributed by atoms with Crippen molar-refractivity contribution >= 4 is 0 Å². The summed E-state index contributed by atoms with van der Waals surface area (Å²) in [4.78, 5) is 2.29. The van der Waals surface area contributed by atoms with Crippen LogP contribution in [0.4, 0.5) is 0 Å². The third kappa shape index (κ3) is 3.19. The number of fused-ring (bicyclic) bond motifs is 1. The van der Waals surface area contributed by atoms with E-state index in [1.165, 1.54) is 5.56 Å². The number of aliphatic hydroxyl groups is 1. The first-order chi connectivity index (χ1) is 11.3. The fourth-order valence-electron chi connectivity index (χ4n) is 3.24. The zero-order chi connectivity index (χ0) is 15.6. The van der Waals surface area contributed by atoms with Crippen LogP contribution in [0, 0.1) is 0 Å². The summed E-state index contributed by atoms with van der Waals surface area (Å²) < 4.78 is 11.8. The van der Waals surface area contributed by atoms with Crippen molar-refractivity contribution in [3.63, 3.8) is 0 Å². The molecule has 2 aromatic carbocycles. The molecule has 120 valence electrons. The molecule has 1 fully saturated rings. The van der Waals surface area contributed by atoms with Crippen LogP contribution in [0.1, 0.15) is 23.7 Å². The molecule has 0 amide bonds. The molecule has 2 atom stereocenters. The number of β-amino-alcohol motifs (C(OH)–C–C–N with tert-alkyl or cyclic N) is 1. The van der Waals surface area contributed by atoms with E-state index in [0.29, 0.717) is 6.61 Å². The lowest BCUT2D eigenvalue weighted by Gasteiger charge is -2.26. The number of rotatable bonds is 3. The SMILES string of the molecule is OC1CCN(Cc2ccc([C@H]3COc4ccccc4O3)cc2)C1. The lowest BCUT2D eigenvalue weighted by atomic mass is 10.1. The third-order valence-electron chi connectivity index (χ3n) is 4.51. The second-order valence-electron chi connectivity index (χ2n) is 6.28. The predicted octanol–water partition coefficient (Wildman–Crippen LogP) is 2.77. The highest BCUT2D eigenvalue weighted by Gasteiger charge is 2.23. The van der Waals surface area contributed by atoms with Crippen LogP contribution in [0.2, 0.25) is 0 Å². The Morgan fingerprint density at radius 2 is 1.83 bits per heavy atom. The van der Waals surface area contributed by atoms with Gasteiger partial charge in [-0.2, -0.15) is 0 Å². The Balaban J connectivity index is 1.42. The minimum atomic E-state index is -0.165. The standard InChI is InChI=1S/C19H21NO3/c21-16-9-10-20(12-16)11-14-5-7-15(8-6-14)19-13-22-17-3-1-2-4-18(17)23-19/h1-8,16,19,21H,9-13H2/t16?,19-/m1/s1. The van der Waals surface area contributed by atoms with Crippen LogP contribution in [0.25, 0.3) is 0 Å². The van der Waals surface area contributed by atoms with Crippen LogP contribution in [0.3, 0.4) is 0 Å². The molecule has 4 rings (SSSR count). The first-order valence-electron chi connectivity index (χ1n) is 8.16. The third-order valence-corrected chi connectivity index (χ3v) is 4.51. The van der Waals surface area contributed by atoms with E-state index in [1.807, 2.05) is 24.3 Å². The molecule has 0 aromatic heterocycles. The van der Waals surface area contributed by atoms with Crippen LogP contribution >= 0.6 is 0 Å². The molecule has 2 aliphatic rings. The summed E-state index contributed by atoms with van der Waals surface area (Å²) in [5.41, 5.74) is 2.39. The monoisotopic (exact) mass is 311 g/mol. The highest BCUT2D eigenvalue weighted by Crippen LogP contribution is 2.35. The molecule has 23 heavy (non-hydrogen) atoms. The second-order valence-corrected chi connectivity index (χ2v) is 6.28. The number of benzene rings is 2. The number of likely N-dealkylation sites (tertiary alicyclic amines) is 1. The van der Waals surface area contributed by atoms with Gasteiger partial charge < -0.3 is 14.6 Å². The lowest BCUT2D eigenvalue weighted by Crippen LogP contribution is -2.22. The molecule has 4 heteroatoms. The first kappa shape index (κ1) is 14.5. The number of aliphatic hydroxyl groups excluding tert-OH is 1. The van der Waals surface area contributed by atoms with E-state index in [9.17, 15) is 5.11 Å². The number of para-hydroxylation sites is 2. The van der Waals surface area contributed by atoms with Gasteiger partial charge in [0.05, 0.1) is 6.10 Å². The van der Waals surface area contributed by atoms with Crippen molar-refractivity contribution < 1.29 is 14.6 Å². The maximum absolute atomic E-state index is 9.60. The highest BCUT2D eigenvalue weighted by molar-refractivity contribution is 5.41. The molecule has 0 spiro atoms. The van der Waals surface area contributed by atoms with Gasteiger partial charge in [0, 0.05) is 19.6 Å². The van der Waals surface area contributed by atoms with Gasteiger partial charge in [-0.3, -0.25) is 4.90 Å². The minimum Gasteiger partial charge on any atom is -0.485 e. The van der Waals surface area contributed by atoms with E-state index >= 15 is 0 Å². The first-order valence-corrected chi connectivity index (χ1v) is 8.16. The van der Waals surface area contributed by atoms with Gasteiger partial charge in [0.1, 0.15) is 6.61 Å². The smallest absolute Gasteiger partial charge is 0.162 e. The Morgan fingerprint density at radius 1 is 1.04 bits per heavy atom.